The smallest absolute Gasteiger partial charge is 0.264 e. The molecule has 2 amide bonds. The minimum atomic E-state index is -4.23. The van der Waals surface area contributed by atoms with Gasteiger partial charge in [-0.3, -0.25) is 13.9 Å². The Labute approximate surface area is 261 Å². The van der Waals surface area contributed by atoms with Crippen LogP contribution in [0, 0.1) is 0 Å². The predicted octanol–water partition coefficient (Wildman–Crippen LogP) is 7.22. The van der Waals surface area contributed by atoms with Gasteiger partial charge in [-0.15, -0.1) is 0 Å². The lowest BCUT2D eigenvalue weighted by molar-refractivity contribution is -0.140. The molecule has 0 aliphatic heterocycles. The van der Waals surface area contributed by atoms with Gasteiger partial charge in [0.2, 0.25) is 11.8 Å². The minimum absolute atomic E-state index is 0.0206. The molecule has 0 saturated heterocycles. The van der Waals surface area contributed by atoms with E-state index in [0.29, 0.717) is 22.0 Å². The van der Waals surface area contributed by atoms with Crippen LogP contribution in [0.3, 0.4) is 0 Å². The van der Waals surface area contributed by atoms with Gasteiger partial charge in [-0.2, -0.15) is 0 Å². The van der Waals surface area contributed by atoms with Crippen LogP contribution in [-0.4, -0.2) is 43.8 Å². The first-order chi connectivity index (χ1) is 19.4. The molecule has 12 heteroatoms. The van der Waals surface area contributed by atoms with Crippen molar-refractivity contribution in [1.29, 1.82) is 0 Å². The number of benzene rings is 3. The normalized spacial score (nSPS) is 12.9. The van der Waals surface area contributed by atoms with Gasteiger partial charge in [-0.05, 0) is 67.8 Å². The molecular weight excluding hydrogens is 628 g/mol. The predicted molar refractivity (Wildman–Crippen MR) is 166 cm³/mol. The number of nitrogens with one attached hydrogen (secondary N) is 1. The fourth-order valence-electron chi connectivity index (χ4n) is 4.08. The number of halogens is 4. The van der Waals surface area contributed by atoms with Gasteiger partial charge in [0.15, 0.2) is 0 Å². The summed E-state index contributed by atoms with van der Waals surface area (Å²) < 4.78 is 28.7. The zero-order valence-electron chi connectivity index (χ0n) is 22.8. The van der Waals surface area contributed by atoms with E-state index in [4.69, 9.17) is 46.4 Å². The molecule has 3 aromatic carbocycles. The molecule has 0 aliphatic rings. The quantitative estimate of drug-likeness (QED) is 0.223. The highest BCUT2D eigenvalue weighted by Crippen LogP contribution is 2.31. The van der Waals surface area contributed by atoms with Gasteiger partial charge < -0.3 is 10.2 Å². The number of sulfonamides is 1. The third-order valence-corrected chi connectivity index (χ3v) is 9.66. The number of hydrogen-bond acceptors (Lipinski definition) is 4. The molecule has 41 heavy (non-hydrogen) atoms. The largest absolute Gasteiger partial charge is 0.352 e. The molecule has 0 radical (unpaired) electrons. The standard InChI is InChI=1S/C29H31Cl4N3O4S/c1-4-19(3)34-29(38)27(5-2)35(17-20-11-12-21(30)15-25(20)32)28(37)18-36(22-13-14-24(31)26(33)16-22)41(39,40)23-9-7-6-8-10-23/h6-16,19,27H,4-5,17-18H2,1-3H3,(H,34,38)/t19-,27+/m1/s1. The zero-order chi connectivity index (χ0) is 30.3. The van der Waals surface area contributed by atoms with Crippen molar-refractivity contribution >= 4 is 73.9 Å². The molecule has 0 unspecified atom stereocenters. The SMILES string of the molecule is CC[C@@H](C)NC(=O)[C@H](CC)N(Cc1ccc(Cl)cc1Cl)C(=O)CN(c1ccc(Cl)c(Cl)c1)S(=O)(=O)c1ccccc1. The van der Waals surface area contributed by atoms with Crippen molar-refractivity contribution in [3.63, 3.8) is 0 Å². The Kier molecular flexibility index (Phi) is 11.8. The van der Waals surface area contributed by atoms with Crippen molar-refractivity contribution < 1.29 is 18.0 Å². The highest BCUT2D eigenvalue weighted by Gasteiger charge is 2.34. The molecule has 3 aromatic rings. The van der Waals surface area contributed by atoms with Crippen molar-refractivity contribution in [2.45, 2.75) is 57.1 Å². The number of nitrogens with zero attached hydrogens (tertiary/aromatic N) is 2. The first kappa shape index (κ1) is 33.0. The number of carbonyl (C=O) groups is 2. The zero-order valence-corrected chi connectivity index (χ0v) is 26.6. The van der Waals surface area contributed by atoms with E-state index in [0.717, 1.165) is 4.31 Å². The molecular formula is C29H31Cl4N3O4S. The van der Waals surface area contributed by atoms with Crippen LogP contribution in [0.25, 0.3) is 0 Å². The van der Waals surface area contributed by atoms with Crippen molar-refractivity contribution in [3.8, 4) is 0 Å². The fourth-order valence-corrected chi connectivity index (χ4v) is 6.27. The van der Waals surface area contributed by atoms with E-state index in [1.807, 2.05) is 13.8 Å². The molecule has 1 N–H and O–H groups in total. The molecule has 0 spiro atoms. The number of carbonyl (C=O) groups excluding carboxylic acids is 2. The topological polar surface area (TPSA) is 86.8 Å². The Morgan fingerprint density at radius 3 is 2.12 bits per heavy atom. The fraction of sp³-hybridized carbons (Fsp3) is 0.310. The second kappa shape index (κ2) is 14.6. The summed E-state index contributed by atoms with van der Waals surface area (Å²) >= 11 is 24.9. The molecule has 0 saturated carbocycles. The Morgan fingerprint density at radius 2 is 1.54 bits per heavy atom. The highest BCUT2D eigenvalue weighted by molar-refractivity contribution is 7.92. The van der Waals surface area contributed by atoms with Gasteiger partial charge in [0.1, 0.15) is 12.6 Å². The summed E-state index contributed by atoms with van der Waals surface area (Å²) in [6, 6.07) is 15.8. The molecule has 0 aromatic heterocycles. The van der Waals surface area contributed by atoms with Gasteiger partial charge in [-0.1, -0.05) is 84.5 Å². The van der Waals surface area contributed by atoms with Crippen molar-refractivity contribution in [3.05, 3.63) is 92.4 Å². The summed E-state index contributed by atoms with van der Waals surface area (Å²) in [5.41, 5.74) is 0.685. The van der Waals surface area contributed by atoms with Crippen LogP contribution in [0.15, 0.2) is 71.6 Å². The van der Waals surface area contributed by atoms with Crippen LogP contribution >= 0.6 is 46.4 Å². The molecule has 2 atom stereocenters. The summed E-state index contributed by atoms with van der Waals surface area (Å²) in [6.07, 6.45) is 0.969. The monoisotopic (exact) mass is 657 g/mol. The van der Waals surface area contributed by atoms with E-state index in [9.17, 15) is 18.0 Å². The summed E-state index contributed by atoms with van der Waals surface area (Å²) in [5, 5.41) is 4.00. The second-order valence-electron chi connectivity index (χ2n) is 9.42. The van der Waals surface area contributed by atoms with Gasteiger partial charge >= 0.3 is 0 Å². The third kappa shape index (κ3) is 8.30. The Hall–Kier alpha value is -2.49. The maximum absolute atomic E-state index is 14.1. The van der Waals surface area contributed by atoms with E-state index >= 15 is 0 Å². The summed E-state index contributed by atoms with van der Waals surface area (Å²) in [7, 11) is -4.23. The van der Waals surface area contributed by atoms with Crippen LogP contribution in [0.5, 0.6) is 0 Å². The molecule has 0 fully saturated rings. The van der Waals surface area contributed by atoms with Crippen LogP contribution < -0.4 is 9.62 Å². The summed E-state index contributed by atoms with van der Waals surface area (Å²) in [6.45, 7) is 4.91. The molecule has 0 bridgehead atoms. The third-order valence-electron chi connectivity index (χ3n) is 6.54. The molecule has 0 aliphatic carbocycles. The summed E-state index contributed by atoms with van der Waals surface area (Å²) in [5.74, 6) is -0.972. The maximum atomic E-state index is 14.1. The van der Waals surface area contributed by atoms with Crippen molar-refractivity contribution in [1.82, 2.24) is 10.2 Å². The minimum Gasteiger partial charge on any atom is -0.352 e. The van der Waals surface area contributed by atoms with E-state index in [1.54, 1.807) is 43.3 Å². The van der Waals surface area contributed by atoms with E-state index in [-0.39, 0.29) is 45.5 Å². The maximum Gasteiger partial charge on any atom is 0.264 e. The first-order valence-corrected chi connectivity index (χ1v) is 15.9. The lowest BCUT2D eigenvalue weighted by Crippen LogP contribution is -2.53. The molecule has 0 heterocycles. The van der Waals surface area contributed by atoms with E-state index in [1.165, 1.54) is 35.2 Å². The van der Waals surface area contributed by atoms with Gasteiger partial charge in [0.05, 0.1) is 20.6 Å². The van der Waals surface area contributed by atoms with Crippen LogP contribution in [-0.2, 0) is 26.2 Å². The first-order valence-electron chi connectivity index (χ1n) is 13.0. The lowest BCUT2D eigenvalue weighted by Gasteiger charge is -2.34. The van der Waals surface area contributed by atoms with Gasteiger partial charge in [-0.25, -0.2) is 8.42 Å². The number of amides is 2. The van der Waals surface area contributed by atoms with Gasteiger partial charge in [0.25, 0.3) is 10.0 Å². The average Bonchev–Trinajstić information content (AvgIpc) is 2.94. The van der Waals surface area contributed by atoms with Crippen LogP contribution in [0.2, 0.25) is 20.1 Å². The molecule has 7 nitrogen and oxygen atoms in total. The van der Waals surface area contributed by atoms with Gasteiger partial charge in [0, 0.05) is 22.6 Å². The van der Waals surface area contributed by atoms with Crippen molar-refractivity contribution in [2.75, 3.05) is 10.8 Å². The van der Waals surface area contributed by atoms with Crippen LogP contribution in [0.4, 0.5) is 5.69 Å². The Morgan fingerprint density at radius 1 is 0.854 bits per heavy atom. The number of anilines is 1. The lowest BCUT2D eigenvalue weighted by atomic mass is 10.1. The Balaban J connectivity index is 2.10. The van der Waals surface area contributed by atoms with Crippen molar-refractivity contribution in [2.24, 2.45) is 0 Å². The summed E-state index contributed by atoms with van der Waals surface area (Å²) in [4.78, 5) is 28.8. The highest BCUT2D eigenvalue weighted by atomic mass is 35.5. The van der Waals surface area contributed by atoms with Crippen LogP contribution in [0.1, 0.15) is 39.2 Å². The average molecular weight is 659 g/mol. The van der Waals surface area contributed by atoms with E-state index < -0.39 is 28.5 Å². The number of rotatable bonds is 12. The molecule has 3 rings (SSSR count). The second-order valence-corrected chi connectivity index (χ2v) is 12.9. The number of hydrogen-bond donors (Lipinski definition) is 1. The van der Waals surface area contributed by atoms with E-state index in [2.05, 4.69) is 5.32 Å². The molecule has 220 valence electrons. The Bertz CT molecular complexity index is 1490.